The minimum atomic E-state index is -0.420. The zero-order chi connectivity index (χ0) is 19.5. The number of unbranched alkanes of at least 4 members (excludes halogenated alkanes) is 1. The number of hydrogen-bond acceptors (Lipinski definition) is 4. The topological polar surface area (TPSA) is 80.6 Å². The Kier molecular flexibility index (Phi) is 7.91. The van der Waals surface area contributed by atoms with E-state index in [2.05, 4.69) is 10.6 Å². The van der Waals surface area contributed by atoms with E-state index in [1.807, 2.05) is 19.1 Å². The van der Waals surface area contributed by atoms with Crippen LogP contribution >= 0.6 is 0 Å². The van der Waals surface area contributed by atoms with Gasteiger partial charge in [0.2, 0.25) is 5.91 Å². The lowest BCUT2D eigenvalue weighted by Crippen LogP contribution is -2.34. The van der Waals surface area contributed by atoms with Gasteiger partial charge in [-0.1, -0.05) is 25.5 Å². The summed E-state index contributed by atoms with van der Waals surface area (Å²) in [5.41, 5.74) is 0.942. The minimum Gasteiger partial charge on any atom is -0.497 e. The Hall–Kier alpha value is -3.28. The third kappa shape index (κ3) is 6.86. The van der Waals surface area contributed by atoms with Crippen LogP contribution < -0.4 is 15.4 Å². The molecule has 2 aromatic rings. The van der Waals surface area contributed by atoms with E-state index in [0.29, 0.717) is 18.1 Å². The molecule has 0 atom stereocenters. The summed E-state index contributed by atoms with van der Waals surface area (Å²) in [5.74, 6) is 0.514. The first-order chi connectivity index (χ1) is 13.1. The third-order valence-corrected chi connectivity index (χ3v) is 3.69. The van der Waals surface area contributed by atoms with Crippen LogP contribution in [0.15, 0.2) is 58.9 Å². The molecule has 0 fully saturated rings. The number of hydrogen-bond donors (Lipinski definition) is 2. The summed E-state index contributed by atoms with van der Waals surface area (Å²) in [5, 5.41) is 5.45. The third-order valence-electron chi connectivity index (χ3n) is 3.69. The zero-order valence-corrected chi connectivity index (χ0v) is 15.5. The summed E-state index contributed by atoms with van der Waals surface area (Å²) in [6.07, 6.45) is 7.84. The van der Waals surface area contributed by atoms with Gasteiger partial charge in [-0.3, -0.25) is 9.59 Å². The van der Waals surface area contributed by atoms with Gasteiger partial charge in [0.15, 0.2) is 0 Å². The summed E-state index contributed by atoms with van der Waals surface area (Å²) >= 11 is 0. The van der Waals surface area contributed by atoms with Crippen molar-refractivity contribution in [2.45, 2.75) is 19.8 Å². The van der Waals surface area contributed by atoms with Crippen molar-refractivity contribution in [2.75, 3.05) is 13.7 Å². The Morgan fingerprint density at radius 3 is 2.59 bits per heavy atom. The number of furan rings is 1. The normalized spacial score (nSPS) is 11.4. The van der Waals surface area contributed by atoms with E-state index in [9.17, 15) is 9.59 Å². The fraction of sp³-hybridized carbons (Fsp3) is 0.238. The molecule has 0 aliphatic carbocycles. The summed E-state index contributed by atoms with van der Waals surface area (Å²) in [6.45, 7) is 2.59. The maximum atomic E-state index is 12.5. The molecule has 0 unspecified atom stereocenters. The number of carbonyl (C=O) groups excluding carboxylic acids is 2. The molecule has 0 saturated carbocycles. The molecule has 1 heterocycles. The molecule has 142 valence electrons. The number of nitrogens with one attached hydrogen (secondary N) is 2. The fourth-order valence-electron chi connectivity index (χ4n) is 2.22. The van der Waals surface area contributed by atoms with Gasteiger partial charge in [0.1, 0.15) is 17.2 Å². The number of benzene rings is 1. The predicted molar refractivity (Wildman–Crippen MR) is 105 cm³/mol. The first-order valence-electron chi connectivity index (χ1n) is 8.79. The maximum Gasteiger partial charge on any atom is 0.267 e. The highest BCUT2D eigenvalue weighted by molar-refractivity contribution is 6.04. The van der Waals surface area contributed by atoms with E-state index < -0.39 is 5.91 Å². The van der Waals surface area contributed by atoms with Crippen LogP contribution in [0.4, 0.5) is 0 Å². The van der Waals surface area contributed by atoms with Crippen molar-refractivity contribution in [1.29, 1.82) is 0 Å². The number of amides is 2. The molecular formula is C21H24N2O4. The van der Waals surface area contributed by atoms with Crippen molar-refractivity contribution in [3.63, 3.8) is 0 Å². The van der Waals surface area contributed by atoms with E-state index in [4.69, 9.17) is 9.15 Å². The maximum absolute atomic E-state index is 12.5. The van der Waals surface area contributed by atoms with Crippen molar-refractivity contribution in [3.05, 3.63) is 65.8 Å². The van der Waals surface area contributed by atoms with Crippen molar-refractivity contribution < 1.29 is 18.7 Å². The SMILES string of the molecule is CCCCNC(=O)C(=Cc1ccc(OC)cc1)NC(=O)C=Cc1ccco1. The summed E-state index contributed by atoms with van der Waals surface area (Å²) in [4.78, 5) is 24.6. The molecule has 1 aromatic heterocycles. The van der Waals surface area contributed by atoms with Crippen LogP contribution in [0.5, 0.6) is 5.75 Å². The second-order valence-electron chi connectivity index (χ2n) is 5.78. The standard InChI is InChI=1S/C21H24N2O4/c1-3-4-13-22-21(25)19(15-16-7-9-17(26-2)10-8-16)23-20(24)12-11-18-6-5-14-27-18/h5-12,14-15H,3-4,13H2,1-2H3,(H,22,25)(H,23,24). The highest BCUT2D eigenvalue weighted by atomic mass is 16.5. The molecule has 0 radical (unpaired) electrons. The smallest absolute Gasteiger partial charge is 0.267 e. The van der Waals surface area contributed by atoms with Gasteiger partial charge in [-0.2, -0.15) is 0 Å². The van der Waals surface area contributed by atoms with Crippen LogP contribution in [-0.2, 0) is 9.59 Å². The average Bonchev–Trinajstić information content (AvgIpc) is 3.20. The number of carbonyl (C=O) groups is 2. The molecule has 0 aliphatic rings. The van der Waals surface area contributed by atoms with Gasteiger partial charge in [0, 0.05) is 12.6 Å². The Morgan fingerprint density at radius 2 is 1.96 bits per heavy atom. The molecule has 1 aromatic carbocycles. The van der Waals surface area contributed by atoms with Crippen molar-refractivity contribution in [2.24, 2.45) is 0 Å². The molecule has 2 amide bonds. The first kappa shape index (κ1) is 20.0. The molecule has 0 saturated heterocycles. The molecule has 6 heteroatoms. The van der Waals surface area contributed by atoms with Crippen LogP contribution in [0.1, 0.15) is 31.1 Å². The zero-order valence-electron chi connectivity index (χ0n) is 15.5. The van der Waals surface area contributed by atoms with E-state index in [1.54, 1.807) is 37.5 Å². The highest BCUT2D eigenvalue weighted by Gasteiger charge is 2.11. The minimum absolute atomic E-state index is 0.172. The van der Waals surface area contributed by atoms with Gasteiger partial charge < -0.3 is 19.8 Å². The van der Waals surface area contributed by atoms with E-state index >= 15 is 0 Å². The van der Waals surface area contributed by atoms with Crippen LogP contribution in [0, 0.1) is 0 Å². The lowest BCUT2D eigenvalue weighted by Gasteiger charge is -2.10. The van der Waals surface area contributed by atoms with E-state index in [1.165, 1.54) is 18.4 Å². The van der Waals surface area contributed by atoms with Crippen molar-refractivity contribution >= 4 is 24.0 Å². The van der Waals surface area contributed by atoms with Crippen LogP contribution in [0.2, 0.25) is 0 Å². The fourth-order valence-corrected chi connectivity index (χ4v) is 2.22. The molecule has 2 N–H and O–H groups in total. The molecule has 27 heavy (non-hydrogen) atoms. The Morgan fingerprint density at radius 1 is 1.19 bits per heavy atom. The van der Waals surface area contributed by atoms with Crippen molar-refractivity contribution in [1.82, 2.24) is 10.6 Å². The number of methoxy groups -OCH3 is 1. The van der Waals surface area contributed by atoms with Gasteiger partial charge >= 0.3 is 0 Å². The molecule has 0 aliphatic heterocycles. The first-order valence-corrected chi connectivity index (χ1v) is 8.79. The quantitative estimate of drug-likeness (QED) is 0.525. The highest BCUT2D eigenvalue weighted by Crippen LogP contribution is 2.13. The summed E-state index contributed by atoms with van der Waals surface area (Å²) < 4.78 is 10.3. The molecular weight excluding hydrogens is 344 g/mol. The van der Waals surface area contributed by atoms with Crippen LogP contribution in [0.25, 0.3) is 12.2 Å². The average molecular weight is 368 g/mol. The van der Waals surface area contributed by atoms with E-state index in [0.717, 1.165) is 18.4 Å². The van der Waals surface area contributed by atoms with Gasteiger partial charge in [-0.25, -0.2) is 0 Å². The molecule has 0 spiro atoms. The second kappa shape index (κ2) is 10.7. The second-order valence-corrected chi connectivity index (χ2v) is 5.78. The van der Waals surface area contributed by atoms with Gasteiger partial charge in [-0.05, 0) is 48.4 Å². The molecule has 6 nitrogen and oxygen atoms in total. The van der Waals surface area contributed by atoms with Gasteiger partial charge in [-0.15, -0.1) is 0 Å². The monoisotopic (exact) mass is 368 g/mol. The Labute approximate surface area is 158 Å². The lowest BCUT2D eigenvalue weighted by molar-refractivity contribution is -0.121. The molecule has 0 bridgehead atoms. The molecule has 2 rings (SSSR count). The van der Waals surface area contributed by atoms with E-state index in [-0.39, 0.29) is 11.6 Å². The summed E-state index contributed by atoms with van der Waals surface area (Å²) in [6, 6.07) is 10.7. The van der Waals surface area contributed by atoms with Gasteiger partial charge in [0.25, 0.3) is 5.91 Å². The predicted octanol–water partition coefficient (Wildman–Crippen LogP) is 3.38. The largest absolute Gasteiger partial charge is 0.497 e. The van der Waals surface area contributed by atoms with Crippen LogP contribution in [0.3, 0.4) is 0 Å². The van der Waals surface area contributed by atoms with Gasteiger partial charge in [0.05, 0.1) is 13.4 Å². The number of ether oxygens (including phenoxy) is 1. The van der Waals surface area contributed by atoms with Crippen LogP contribution in [-0.4, -0.2) is 25.5 Å². The Balaban J connectivity index is 2.13. The summed E-state index contributed by atoms with van der Waals surface area (Å²) in [7, 11) is 1.59. The van der Waals surface area contributed by atoms with Crippen molar-refractivity contribution in [3.8, 4) is 5.75 Å². The number of rotatable bonds is 9. The Bertz CT molecular complexity index is 790. The lowest BCUT2D eigenvalue weighted by atomic mass is 10.1.